The van der Waals surface area contributed by atoms with Crippen molar-refractivity contribution in [1.29, 1.82) is 0 Å². The summed E-state index contributed by atoms with van der Waals surface area (Å²) in [5.74, 6) is -0.674. The summed E-state index contributed by atoms with van der Waals surface area (Å²) in [6, 6.07) is 1.95. The van der Waals surface area contributed by atoms with Crippen molar-refractivity contribution in [3.63, 3.8) is 0 Å². The van der Waals surface area contributed by atoms with E-state index in [2.05, 4.69) is 15.3 Å². The molecule has 1 aliphatic rings. The molecule has 11 heteroatoms. The second kappa shape index (κ2) is 7.38. The number of amides is 1. The fourth-order valence-corrected chi connectivity index (χ4v) is 2.67. The Bertz CT molecular complexity index is 697. The van der Waals surface area contributed by atoms with E-state index in [1.165, 1.54) is 0 Å². The van der Waals surface area contributed by atoms with Crippen molar-refractivity contribution < 1.29 is 14.6 Å². The van der Waals surface area contributed by atoms with Crippen LogP contribution in [-0.2, 0) is 0 Å². The first-order chi connectivity index (χ1) is 11.4. The van der Waals surface area contributed by atoms with Gasteiger partial charge in [-0.3, -0.25) is 25.0 Å². The van der Waals surface area contributed by atoms with Gasteiger partial charge in [0, 0.05) is 23.1 Å². The van der Waals surface area contributed by atoms with Gasteiger partial charge in [0.1, 0.15) is 0 Å². The van der Waals surface area contributed by atoms with Crippen LogP contribution in [0.2, 0.25) is 0 Å². The van der Waals surface area contributed by atoms with Crippen LogP contribution in [0.15, 0.2) is 23.3 Å². The fourth-order valence-electron chi connectivity index (χ4n) is 2.67. The summed E-state index contributed by atoms with van der Waals surface area (Å²) in [6.45, 7) is 0. The van der Waals surface area contributed by atoms with Crippen molar-refractivity contribution in [2.75, 3.05) is 0 Å². The molecule has 0 saturated heterocycles. The van der Waals surface area contributed by atoms with Gasteiger partial charge in [0.25, 0.3) is 17.3 Å². The SMILES string of the molecule is [N-]=[N+]=N[C@H]1CCCCC1NC(=O)c1cc([N+](=O)[O-])cc([N+](=O)[O-])c1. The van der Waals surface area contributed by atoms with Crippen LogP contribution < -0.4 is 5.32 Å². The highest BCUT2D eigenvalue weighted by Gasteiger charge is 2.27. The van der Waals surface area contributed by atoms with E-state index in [9.17, 15) is 25.0 Å². The standard InChI is InChI=1S/C13H14N6O5/c14-17-16-12-4-2-1-3-11(12)15-13(20)8-5-9(18(21)22)7-10(6-8)19(23)24/h5-7,11-12H,1-4H2,(H,15,20)/t11?,12-/m0/s1. The van der Waals surface area contributed by atoms with E-state index in [-0.39, 0.29) is 5.56 Å². The molecule has 0 bridgehead atoms. The molecule has 2 rings (SSSR count). The Balaban J connectivity index is 2.26. The molecule has 1 aromatic rings. The van der Waals surface area contributed by atoms with Crippen LogP contribution >= 0.6 is 0 Å². The Kier molecular flexibility index (Phi) is 5.27. The lowest BCUT2D eigenvalue weighted by atomic mass is 9.90. The van der Waals surface area contributed by atoms with E-state index in [0.29, 0.717) is 12.8 Å². The third kappa shape index (κ3) is 3.96. The van der Waals surface area contributed by atoms with Crippen LogP contribution in [0.1, 0.15) is 36.0 Å². The summed E-state index contributed by atoms with van der Waals surface area (Å²) < 4.78 is 0. The summed E-state index contributed by atoms with van der Waals surface area (Å²) in [7, 11) is 0. The molecule has 1 saturated carbocycles. The number of carbonyl (C=O) groups is 1. The number of carbonyl (C=O) groups excluding carboxylic acids is 1. The molecule has 0 radical (unpaired) electrons. The highest BCUT2D eigenvalue weighted by Crippen LogP contribution is 2.25. The minimum Gasteiger partial charge on any atom is -0.349 e. The molecular formula is C13H14N6O5. The quantitative estimate of drug-likeness (QED) is 0.287. The van der Waals surface area contributed by atoms with Crippen LogP contribution in [0.4, 0.5) is 11.4 Å². The Morgan fingerprint density at radius 1 is 1.17 bits per heavy atom. The van der Waals surface area contributed by atoms with Crippen molar-refractivity contribution in [1.82, 2.24) is 5.32 Å². The molecule has 1 aliphatic carbocycles. The molecule has 1 unspecified atom stereocenters. The number of azide groups is 1. The van der Waals surface area contributed by atoms with Gasteiger partial charge in [-0.05, 0) is 18.4 Å². The first-order valence-corrected chi connectivity index (χ1v) is 7.21. The molecule has 126 valence electrons. The van der Waals surface area contributed by atoms with Gasteiger partial charge in [-0.1, -0.05) is 18.0 Å². The van der Waals surface area contributed by atoms with Gasteiger partial charge in [-0.25, -0.2) is 0 Å². The number of hydrogen-bond acceptors (Lipinski definition) is 6. The molecule has 1 fully saturated rings. The zero-order chi connectivity index (χ0) is 17.7. The number of nitro groups is 2. The Morgan fingerprint density at radius 2 is 1.75 bits per heavy atom. The monoisotopic (exact) mass is 334 g/mol. The van der Waals surface area contributed by atoms with Crippen LogP contribution in [0.25, 0.3) is 10.4 Å². The number of rotatable bonds is 5. The summed E-state index contributed by atoms with van der Waals surface area (Å²) >= 11 is 0. The average molecular weight is 334 g/mol. The Morgan fingerprint density at radius 3 is 2.29 bits per heavy atom. The second-order valence-electron chi connectivity index (χ2n) is 5.39. The molecular weight excluding hydrogens is 320 g/mol. The molecule has 0 spiro atoms. The predicted octanol–water partition coefficient (Wildman–Crippen LogP) is 2.85. The van der Waals surface area contributed by atoms with Gasteiger partial charge in [0.15, 0.2) is 0 Å². The van der Waals surface area contributed by atoms with Crippen LogP contribution in [0.5, 0.6) is 0 Å². The summed E-state index contributed by atoms with van der Waals surface area (Å²) in [5.41, 5.74) is 7.32. The van der Waals surface area contributed by atoms with Crippen molar-refractivity contribution in [2.24, 2.45) is 5.11 Å². The molecule has 1 amide bonds. The van der Waals surface area contributed by atoms with E-state index >= 15 is 0 Å². The maximum atomic E-state index is 12.3. The molecule has 2 atom stereocenters. The van der Waals surface area contributed by atoms with Crippen LogP contribution in [0, 0.1) is 20.2 Å². The topological polar surface area (TPSA) is 164 Å². The Hall–Kier alpha value is -3.20. The first kappa shape index (κ1) is 17.2. The molecule has 1 N–H and O–H groups in total. The smallest absolute Gasteiger partial charge is 0.277 e. The van der Waals surface area contributed by atoms with Gasteiger partial charge in [-0.2, -0.15) is 0 Å². The molecule has 0 heterocycles. The molecule has 11 nitrogen and oxygen atoms in total. The zero-order valence-electron chi connectivity index (χ0n) is 12.5. The fraction of sp³-hybridized carbons (Fsp3) is 0.462. The maximum absolute atomic E-state index is 12.3. The number of non-ortho nitro benzene ring substituents is 2. The van der Waals surface area contributed by atoms with Gasteiger partial charge in [0.2, 0.25) is 0 Å². The normalized spacial score (nSPS) is 19.8. The van der Waals surface area contributed by atoms with Gasteiger partial charge in [0.05, 0.1) is 27.5 Å². The van der Waals surface area contributed by atoms with E-state index < -0.39 is 39.2 Å². The maximum Gasteiger partial charge on any atom is 0.277 e. The van der Waals surface area contributed by atoms with Crippen LogP contribution in [0.3, 0.4) is 0 Å². The van der Waals surface area contributed by atoms with Crippen molar-refractivity contribution in [3.05, 3.63) is 54.4 Å². The van der Waals surface area contributed by atoms with Gasteiger partial charge >= 0.3 is 0 Å². The zero-order valence-corrected chi connectivity index (χ0v) is 12.5. The van der Waals surface area contributed by atoms with Crippen molar-refractivity contribution in [2.45, 2.75) is 37.8 Å². The van der Waals surface area contributed by atoms with E-state index in [4.69, 9.17) is 5.53 Å². The van der Waals surface area contributed by atoms with Crippen molar-refractivity contribution >= 4 is 17.3 Å². The van der Waals surface area contributed by atoms with E-state index in [0.717, 1.165) is 31.0 Å². The summed E-state index contributed by atoms with van der Waals surface area (Å²) in [4.78, 5) is 35.2. The number of nitrogens with zero attached hydrogens (tertiary/aromatic N) is 5. The minimum absolute atomic E-state index is 0.179. The van der Waals surface area contributed by atoms with Gasteiger partial charge in [-0.15, -0.1) is 0 Å². The molecule has 24 heavy (non-hydrogen) atoms. The number of nitro benzene ring substituents is 2. The second-order valence-corrected chi connectivity index (χ2v) is 5.39. The number of hydrogen-bond donors (Lipinski definition) is 1. The lowest BCUT2D eigenvalue weighted by molar-refractivity contribution is -0.394. The third-order valence-corrected chi connectivity index (χ3v) is 3.83. The first-order valence-electron chi connectivity index (χ1n) is 7.21. The summed E-state index contributed by atoms with van der Waals surface area (Å²) in [6.07, 6.45) is 2.95. The summed E-state index contributed by atoms with van der Waals surface area (Å²) in [5, 5.41) is 28.1. The third-order valence-electron chi connectivity index (χ3n) is 3.83. The lowest BCUT2D eigenvalue weighted by Gasteiger charge is -2.28. The lowest BCUT2D eigenvalue weighted by Crippen LogP contribution is -2.44. The number of benzene rings is 1. The highest BCUT2D eigenvalue weighted by molar-refractivity contribution is 5.95. The average Bonchev–Trinajstić information content (AvgIpc) is 2.56. The van der Waals surface area contributed by atoms with E-state index in [1.54, 1.807) is 0 Å². The Labute approximate surface area is 135 Å². The van der Waals surface area contributed by atoms with Crippen molar-refractivity contribution in [3.8, 4) is 0 Å². The molecule has 0 aromatic heterocycles. The molecule has 1 aromatic carbocycles. The van der Waals surface area contributed by atoms with Crippen LogP contribution in [-0.4, -0.2) is 27.8 Å². The largest absolute Gasteiger partial charge is 0.349 e. The minimum atomic E-state index is -0.798. The number of nitrogens with one attached hydrogen (secondary N) is 1. The van der Waals surface area contributed by atoms with Gasteiger partial charge < -0.3 is 5.32 Å². The highest BCUT2D eigenvalue weighted by atomic mass is 16.6. The molecule has 0 aliphatic heterocycles. The predicted molar refractivity (Wildman–Crippen MR) is 82.4 cm³/mol. The van der Waals surface area contributed by atoms with E-state index in [1.807, 2.05) is 0 Å².